The Morgan fingerprint density at radius 1 is 0.930 bits per heavy atom. The topological polar surface area (TPSA) is 102 Å². The summed E-state index contributed by atoms with van der Waals surface area (Å²) < 4.78 is 13.4. The lowest BCUT2D eigenvalue weighted by Crippen LogP contribution is -2.50. The first-order chi connectivity index (χ1) is 20.7. The van der Waals surface area contributed by atoms with Gasteiger partial charge < -0.3 is 24.6 Å². The molecule has 2 aliphatic rings. The molecule has 2 aromatic carbocycles. The Bertz CT molecular complexity index is 1580. The quantitative estimate of drug-likeness (QED) is 0.303. The van der Waals surface area contributed by atoms with Crippen LogP contribution < -0.4 is 10.2 Å². The van der Waals surface area contributed by atoms with Crippen molar-refractivity contribution < 1.29 is 19.1 Å². The van der Waals surface area contributed by atoms with Gasteiger partial charge in [0.1, 0.15) is 5.60 Å². The number of amides is 2. The summed E-state index contributed by atoms with van der Waals surface area (Å²) in [6, 6.07) is 18.1. The Morgan fingerprint density at radius 3 is 2.33 bits per heavy atom. The molecule has 2 amide bonds. The maximum Gasteiger partial charge on any atom is 0.410 e. The van der Waals surface area contributed by atoms with Gasteiger partial charge in [0.15, 0.2) is 11.9 Å². The summed E-state index contributed by atoms with van der Waals surface area (Å²) in [5, 5.41) is 8.51. The molecule has 4 heterocycles. The van der Waals surface area contributed by atoms with E-state index in [9.17, 15) is 9.59 Å². The summed E-state index contributed by atoms with van der Waals surface area (Å²) in [6.45, 7) is 9.05. The standard InChI is InChI=1S/C33H38N6O4/c1-33(2,3)43-32(41)38-19-17-37(18-20-38)26-10-7-23(8-11-26)24-9-12-28-27(22-24)30(31(40)35-25-13-15-34-16-14-25)36-39(28)29-6-4-5-21-42-29/h7-16,22,29H,4-6,17-21H2,1-3H3,(H,34,35,40). The van der Waals surface area contributed by atoms with Gasteiger partial charge in [0.2, 0.25) is 0 Å². The largest absolute Gasteiger partial charge is 0.444 e. The summed E-state index contributed by atoms with van der Waals surface area (Å²) in [4.78, 5) is 34.0. The molecule has 0 aliphatic carbocycles. The highest BCUT2D eigenvalue weighted by molar-refractivity contribution is 6.11. The van der Waals surface area contributed by atoms with Crippen LogP contribution >= 0.6 is 0 Å². The fraction of sp³-hybridized carbons (Fsp3) is 0.394. The molecule has 224 valence electrons. The molecule has 2 aliphatic heterocycles. The van der Waals surface area contributed by atoms with Gasteiger partial charge in [-0.1, -0.05) is 18.2 Å². The van der Waals surface area contributed by atoms with Crippen molar-refractivity contribution in [1.82, 2.24) is 19.7 Å². The SMILES string of the molecule is CC(C)(C)OC(=O)N1CCN(c2ccc(-c3ccc4c(c3)c(C(=O)Nc3ccncc3)nn4C3CCCCO3)cc2)CC1. The van der Waals surface area contributed by atoms with Crippen LogP contribution in [0.3, 0.4) is 0 Å². The Morgan fingerprint density at radius 2 is 1.65 bits per heavy atom. The van der Waals surface area contributed by atoms with E-state index in [1.165, 1.54) is 0 Å². The second kappa shape index (κ2) is 12.0. The summed E-state index contributed by atoms with van der Waals surface area (Å²) in [5.41, 5.74) is 4.54. The summed E-state index contributed by atoms with van der Waals surface area (Å²) in [7, 11) is 0. The lowest BCUT2D eigenvalue weighted by Gasteiger charge is -2.36. The third kappa shape index (κ3) is 6.49. The average Bonchev–Trinajstić information content (AvgIpc) is 3.40. The van der Waals surface area contributed by atoms with Gasteiger partial charge in [-0.3, -0.25) is 9.78 Å². The third-order valence-corrected chi connectivity index (χ3v) is 7.79. The van der Waals surface area contributed by atoms with Crippen LogP contribution in [0.1, 0.15) is 56.8 Å². The number of fused-ring (bicyclic) bond motifs is 1. The molecule has 2 saturated heterocycles. The van der Waals surface area contributed by atoms with Gasteiger partial charge in [-0.15, -0.1) is 0 Å². The minimum atomic E-state index is -0.500. The van der Waals surface area contributed by atoms with Gasteiger partial charge in [-0.25, -0.2) is 9.48 Å². The van der Waals surface area contributed by atoms with E-state index in [1.54, 1.807) is 29.4 Å². The van der Waals surface area contributed by atoms with E-state index < -0.39 is 5.60 Å². The highest BCUT2D eigenvalue weighted by Gasteiger charge is 2.27. The van der Waals surface area contributed by atoms with E-state index in [-0.39, 0.29) is 18.2 Å². The lowest BCUT2D eigenvalue weighted by atomic mass is 10.0. The average molecular weight is 583 g/mol. The molecule has 2 fully saturated rings. The van der Waals surface area contributed by atoms with E-state index in [2.05, 4.69) is 45.5 Å². The van der Waals surface area contributed by atoms with E-state index in [0.29, 0.717) is 31.1 Å². The number of aromatic nitrogens is 3. The zero-order chi connectivity index (χ0) is 30.0. The second-order valence-corrected chi connectivity index (χ2v) is 12.0. The van der Waals surface area contributed by atoms with Crippen molar-refractivity contribution in [3.05, 3.63) is 72.7 Å². The Kier molecular flexibility index (Phi) is 8.03. The van der Waals surface area contributed by atoms with Crippen LogP contribution in [0.2, 0.25) is 0 Å². The maximum atomic E-state index is 13.4. The number of hydrogen-bond donors (Lipinski definition) is 1. The molecule has 0 spiro atoms. The summed E-state index contributed by atoms with van der Waals surface area (Å²) >= 11 is 0. The second-order valence-electron chi connectivity index (χ2n) is 12.0. The number of nitrogens with one attached hydrogen (secondary N) is 1. The highest BCUT2D eigenvalue weighted by atomic mass is 16.6. The van der Waals surface area contributed by atoms with Crippen LogP contribution in [-0.2, 0) is 9.47 Å². The molecule has 1 N–H and O–H groups in total. The number of benzene rings is 2. The number of hydrogen-bond acceptors (Lipinski definition) is 7. The third-order valence-electron chi connectivity index (χ3n) is 7.79. The van der Waals surface area contributed by atoms with Crippen molar-refractivity contribution in [3.8, 4) is 11.1 Å². The maximum absolute atomic E-state index is 13.4. The molecule has 1 atom stereocenters. The fourth-order valence-corrected chi connectivity index (χ4v) is 5.59. The van der Waals surface area contributed by atoms with Crippen LogP contribution in [0.4, 0.5) is 16.2 Å². The number of ether oxygens (including phenoxy) is 2. The van der Waals surface area contributed by atoms with Gasteiger partial charge >= 0.3 is 6.09 Å². The van der Waals surface area contributed by atoms with Gasteiger partial charge in [0.05, 0.1) is 5.52 Å². The monoisotopic (exact) mass is 582 g/mol. The zero-order valence-corrected chi connectivity index (χ0v) is 25.0. The van der Waals surface area contributed by atoms with Crippen molar-refractivity contribution in [1.29, 1.82) is 0 Å². The first kappa shape index (κ1) is 28.7. The number of carbonyl (C=O) groups is 2. The van der Waals surface area contributed by atoms with Crippen LogP contribution in [0.25, 0.3) is 22.0 Å². The fourth-order valence-electron chi connectivity index (χ4n) is 5.59. The highest BCUT2D eigenvalue weighted by Crippen LogP contribution is 2.32. The molecular weight excluding hydrogens is 544 g/mol. The molecule has 2 aromatic heterocycles. The Hall–Kier alpha value is -4.44. The zero-order valence-electron chi connectivity index (χ0n) is 25.0. The number of pyridine rings is 1. The molecule has 0 bridgehead atoms. The molecular formula is C33H38N6O4. The first-order valence-electron chi connectivity index (χ1n) is 14.9. The molecule has 6 rings (SSSR count). The van der Waals surface area contributed by atoms with Crippen molar-refractivity contribution >= 4 is 34.3 Å². The molecule has 0 saturated carbocycles. The van der Waals surface area contributed by atoms with E-state index in [1.807, 2.05) is 37.6 Å². The van der Waals surface area contributed by atoms with Gasteiger partial charge in [-0.05, 0) is 87.6 Å². The van der Waals surface area contributed by atoms with Gasteiger partial charge in [-0.2, -0.15) is 5.10 Å². The van der Waals surface area contributed by atoms with Gasteiger partial charge in [0.25, 0.3) is 5.91 Å². The number of piperazine rings is 1. The number of carbonyl (C=O) groups excluding carboxylic acids is 2. The molecule has 1 unspecified atom stereocenters. The van der Waals surface area contributed by atoms with Crippen LogP contribution in [0.5, 0.6) is 0 Å². The van der Waals surface area contributed by atoms with Gasteiger partial charge in [0, 0.05) is 61.9 Å². The number of rotatable bonds is 5. The summed E-state index contributed by atoms with van der Waals surface area (Å²) in [5.74, 6) is -0.274. The predicted octanol–water partition coefficient (Wildman–Crippen LogP) is 6.11. The molecule has 4 aromatic rings. The number of nitrogens with zero attached hydrogens (tertiary/aromatic N) is 5. The van der Waals surface area contributed by atoms with E-state index in [4.69, 9.17) is 14.6 Å². The normalized spacial score (nSPS) is 17.6. The smallest absolute Gasteiger partial charge is 0.410 e. The molecule has 0 radical (unpaired) electrons. The minimum Gasteiger partial charge on any atom is -0.444 e. The van der Waals surface area contributed by atoms with Crippen molar-refractivity contribution in [2.75, 3.05) is 43.0 Å². The van der Waals surface area contributed by atoms with Crippen molar-refractivity contribution in [2.45, 2.75) is 51.9 Å². The molecule has 10 heteroatoms. The molecule has 43 heavy (non-hydrogen) atoms. The van der Waals surface area contributed by atoms with Crippen LogP contribution in [-0.4, -0.2) is 70.1 Å². The number of anilines is 2. The van der Waals surface area contributed by atoms with Crippen LogP contribution in [0.15, 0.2) is 67.0 Å². The van der Waals surface area contributed by atoms with Crippen LogP contribution in [0, 0.1) is 0 Å². The lowest BCUT2D eigenvalue weighted by molar-refractivity contribution is -0.0367. The Balaban J connectivity index is 1.23. The molecule has 10 nitrogen and oxygen atoms in total. The first-order valence-corrected chi connectivity index (χ1v) is 14.9. The minimum absolute atomic E-state index is 0.195. The van der Waals surface area contributed by atoms with E-state index >= 15 is 0 Å². The Labute approximate surface area is 251 Å². The van der Waals surface area contributed by atoms with Crippen molar-refractivity contribution in [2.24, 2.45) is 0 Å². The summed E-state index contributed by atoms with van der Waals surface area (Å²) in [6.07, 6.45) is 5.79. The van der Waals surface area contributed by atoms with Crippen molar-refractivity contribution in [3.63, 3.8) is 0 Å². The van der Waals surface area contributed by atoms with E-state index in [0.717, 1.165) is 60.1 Å². The predicted molar refractivity (Wildman–Crippen MR) is 166 cm³/mol.